The molecule has 1 aliphatic rings. The number of aryl methyl sites for hydroxylation is 2. The summed E-state index contributed by atoms with van der Waals surface area (Å²) >= 11 is 5.80. The summed E-state index contributed by atoms with van der Waals surface area (Å²) in [5, 5.41) is 16.8. The van der Waals surface area contributed by atoms with Crippen molar-refractivity contribution < 1.29 is 14.7 Å². The molecule has 5 rings (SSSR count). The van der Waals surface area contributed by atoms with E-state index in [1.165, 1.54) is 0 Å². The lowest BCUT2D eigenvalue weighted by Crippen LogP contribution is -2.32. The molecular weight excluding hydrogens is 522 g/mol. The molecule has 1 saturated heterocycles. The van der Waals surface area contributed by atoms with Gasteiger partial charge in [-0.15, -0.1) is 0 Å². The molecule has 0 bridgehead atoms. The van der Waals surface area contributed by atoms with Gasteiger partial charge in [-0.1, -0.05) is 30.3 Å². The number of rotatable bonds is 8. The standard InChI is InChI=1S/C31H31N5O3S/c1-19-9-8-10-22(17-19)33-27(37)14-16-35-29(28(34-31(35)40)25-12-6-7-15-32-25)24-18-20(2)36(21(24)3)26-13-5-4-11-23(26)30(38)39/h4-13,15,17-18,28-29H,14,16H2,1-3H3,(H,33,37)(H,34,40)(H,38,39). The van der Waals surface area contributed by atoms with E-state index in [1.54, 1.807) is 18.3 Å². The van der Waals surface area contributed by atoms with Crippen molar-refractivity contribution in [2.45, 2.75) is 39.3 Å². The summed E-state index contributed by atoms with van der Waals surface area (Å²) in [6, 6.07) is 22.0. The average molecular weight is 554 g/mol. The van der Waals surface area contributed by atoms with E-state index in [0.29, 0.717) is 17.3 Å². The van der Waals surface area contributed by atoms with Gasteiger partial charge in [-0.25, -0.2) is 4.79 Å². The van der Waals surface area contributed by atoms with Gasteiger partial charge in [-0.2, -0.15) is 0 Å². The van der Waals surface area contributed by atoms with Crippen LogP contribution in [-0.2, 0) is 4.79 Å². The topological polar surface area (TPSA) is 99.5 Å². The number of anilines is 1. The van der Waals surface area contributed by atoms with Gasteiger partial charge in [0.25, 0.3) is 0 Å². The van der Waals surface area contributed by atoms with Gasteiger partial charge in [0.15, 0.2) is 5.11 Å². The zero-order chi connectivity index (χ0) is 28.4. The van der Waals surface area contributed by atoms with Crippen molar-refractivity contribution in [1.29, 1.82) is 0 Å². The maximum Gasteiger partial charge on any atom is 0.337 e. The van der Waals surface area contributed by atoms with Crippen LogP contribution in [0.5, 0.6) is 0 Å². The Morgan fingerprint density at radius 1 is 1.02 bits per heavy atom. The number of carbonyl (C=O) groups is 2. The Bertz CT molecular complexity index is 1580. The van der Waals surface area contributed by atoms with Crippen LogP contribution in [0.3, 0.4) is 0 Å². The minimum absolute atomic E-state index is 0.103. The van der Waals surface area contributed by atoms with Crippen molar-refractivity contribution in [3.63, 3.8) is 0 Å². The highest BCUT2D eigenvalue weighted by molar-refractivity contribution is 7.80. The summed E-state index contributed by atoms with van der Waals surface area (Å²) in [5.74, 6) is -1.09. The van der Waals surface area contributed by atoms with Crippen LogP contribution in [0.4, 0.5) is 5.69 Å². The predicted molar refractivity (Wildman–Crippen MR) is 159 cm³/mol. The van der Waals surface area contributed by atoms with Crippen molar-refractivity contribution in [3.05, 3.63) is 113 Å². The monoisotopic (exact) mass is 553 g/mol. The van der Waals surface area contributed by atoms with Gasteiger partial charge in [-0.3, -0.25) is 9.78 Å². The fourth-order valence-electron chi connectivity index (χ4n) is 5.46. The third-order valence-electron chi connectivity index (χ3n) is 7.24. The van der Waals surface area contributed by atoms with E-state index in [4.69, 9.17) is 12.2 Å². The lowest BCUT2D eigenvalue weighted by molar-refractivity contribution is -0.116. The molecule has 3 heterocycles. The fourth-order valence-corrected chi connectivity index (χ4v) is 5.79. The Morgan fingerprint density at radius 2 is 1.80 bits per heavy atom. The highest BCUT2D eigenvalue weighted by Crippen LogP contribution is 2.41. The Morgan fingerprint density at radius 3 is 2.52 bits per heavy atom. The SMILES string of the molecule is Cc1cccc(NC(=O)CCN2C(=S)NC(c3ccccn3)C2c2cc(C)n(-c3ccccc3C(=O)O)c2C)c1. The second-order valence-corrected chi connectivity index (χ2v) is 10.4. The molecular formula is C31H31N5O3S. The largest absolute Gasteiger partial charge is 0.478 e. The molecule has 4 aromatic rings. The molecule has 1 fully saturated rings. The minimum atomic E-state index is -0.985. The smallest absolute Gasteiger partial charge is 0.337 e. The van der Waals surface area contributed by atoms with Crippen molar-refractivity contribution >= 4 is 34.9 Å². The number of nitrogens with zero attached hydrogens (tertiary/aromatic N) is 3. The first kappa shape index (κ1) is 27.1. The molecule has 1 amide bonds. The van der Waals surface area contributed by atoms with E-state index in [2.05, 4.69) is 21.7 Å². The first-order chi connectivity index (χ1) is 19.2. The predicted octanol–water partition coefficient (Wildman–Crippen LogP) is 5.50. The average Bonchev–Trinajstić information content (AvgIpc) is 3.42. The summed E-state index contributed by atoms with van der Waals surface area (Å²) in [4.78, 5) is 31.6. The zero-order valence-corrected chi connectivity index (χ0v) is 23.4. The van der Waals surface area contributed by atoms with Crippen LogP contribution in [0.25, 0.3) is 5.69 Å². The van der Waals surface area contributed by atoms with Crippen LogP contribution in [0.2, 0.25) is 0 Å². The number of para-hydroxylation sites is 1. The van der Waals surface area contributed by atoms with Gasteiger partial charge in [0.05, 0.1) is 29.0 Å². The quantitative estimate of drug-likeness (QED) is 0.248. The first-order valence-electron chi connectivity index (χ1n) is 13.1. The molecule has 2 aromatic carbocycles. The fraction of sp³-hybridized carbons (Fsp3) is 0.226. The molecule has 2 unspecified atom stereocenters. The number of carboxylic acid groups (broad SMARTS) is 1. The number of hydrogen-bond donors (Lipinski definition) is 3. The van der Waals surface area contributed by atoms with Gasteiger partial charge >= 0.3 is 5.97 Å². The highest BCUT2D eigenvalue weighted by atomic mass is 32.1. The van der Waals surface area contributed by atoms with Crippen LogP contribution < -0.4 is 10.6 Å². The number of aromatic carboxylic acids is 1. The summed E-state index contributed by atoms with van der Waals surface area (Å²) in [6.07, 6.45) is 1.99. The number of pyridine rings is 1. The van der Waals surface area contributed by atoms with Crippen molar-refractivity contribution in [3.8, 4) is 5.69 Å². The molecule has 1 aliphatic heterocycles. The van der Waals surface area contributed by atoms with Gasteiger partial charge in [-0.05, 0) is 86.6 Å². The van der Waals surface area contributed by atoms with Crippen LogP contribution in [-0.4, -0.2) is 43.1 Å². The van der Waals surface area contributed by atoms with E-state index in [9.17, 15) is 14.7 Å². The maximum atomic E-state index is 12.9. The van der Waals surface area contributed by atoms with E-state index < -0.39 is 5.97 Å². The van der Waals surface area contributed by atoms with Gasteiger partial charge in [0, 0.05) is 36.2 Å². The van der Waals surface area contributed by atoms with Gasteiger partial charge in [0.2, 0.25) is 5.91 Å². The van der Waals surface area contributed by atoms with Crippen LogP contribution >= 0.6 is 12.2 Å². The number of thiocarbonyl (C=S) groups is 1. The van der Waals surface area contributed by atoms with E-state index in [0.717, 1.165) is 33.9 Å². The lowest BCUT2D eigenvalue weighted by Gasteiger charge is -2.28. The third kappa shape index (κ3) is 5.33. The number of amides is 1. The Kier molecular flexibility index (Phi) is 7.66. The molecule has 3 N–H and O–H groups in total. The molecule has 40 heavy (non-hydrogen) atoms. The molecule has 2 aromatic heterocycles. The Balaban J connectivity index is 1.50. The number of carbonyl (C=O) groups excluding carboxylic acids is 1. The van der Waals surface area contributed by atoms with E-state index in [1.807, 2.05) is 84.8 Å². The molecule has 0 spiro atoms. The number of nitrogens with one attached hydrogen (secondary N) is 2. The minimum Gasteiger partial charge on any atom is -0.478 e. The second-order valence-electron chi connectivity index (χ2n) is 9.97. The van der Waals surface area contributed by atoms with Crippen molar-refractivity contribution in [1.82, 2.24) is 19.8 Å². The maximum absolute atomic E-state index is 12.9. The molecule has 2 atom stereocenters. The third-order valence-corrected chi connectivity index (χ3v) is 7.60. The highest BCUT2D eigenvalue weighted by Gasteiger charge is 2.41. The summed E-state index contributed by atoms with van der Waals surface area (Å²) < 4.78 is 1.97. The normalized spacial score (nSPS) is 16.6. The van der Waals surface area contributed by atoms with Crippen LogP contribution in [0.1, 0.15) is 57.1 Å². The second kappa shape index (κ2) is 11.3. The molecule has 0 saturated carbocycles. The molecule has 204 valence electrons. The number of carboxylic acids is 1. The lowest BCUT2D eigenvalue weighted by atomic mass is 9.96. The Labute approximate surface area is 238 Å². The summed E-state index contributed by atoms with van der Waals surface area (Å²) in [7, 11) is 0. The zero-order valence-electron chi connectivity index (χ0n) is 22.6. The van der Waals surface area contributed by atoms with Crippen LogP contribution in [0.15, 0.2) is 79.0 Å². The number of aromatic nitrogens is 2. The molecule has 8 nitrogen and oxygen atoms in total. The Hall–Kier alpha value is -4.50. The van der Waals surface area contributed by atoms with Crippen molar-refractivity contribution in [2.75, 3.05) is 11.9 Å². The van der Waals surface area contributed by atoms with E-state index >= 15 is 0 Å². The summed E-state index contributed by atoms with van der Waals surface area (Å²) in [6.45, 7) is 6.33. The van der Waals surface area contributed by atoms with E-state index in [-0.39, 0.29) is 30.0 Å². The molecule has 9 heteroatoms. The first-order valence-corrected chi connectivity index (χ1v) is 13.5. The van der Waals surface area contributed by atoms with Gasteiger partial charge < -0.3 is 25.2 Å². The van der Waals surface area contributed by atoms with Crippen LogP contribution in [0, 0.1) is 20.8 Å². The van der Waals surface area contributed by atoms with Gasteiger partial charge in [0.1, 0.15) is 0 Å². The number of hydrogen-bond acceptors (Lipinski definition) is 4. The molecule has 0 aliphatic carbocycles. The summed E-state index contributed by atoms with van der Waals surface area (Å²) in [5.41, 5.74) is 6.27. The molecule has 0 radical (unpaired) electrons. The number of benzene rings is 2. The van der Waals surface area contributed by atoms with Crippen molar-refractivity contribution in [2.24, 2.45) is 0 Å².